The number of benzene rings is 8. The highest BCUT2D eigenvalue weighted by molar-refractivity contribution is 6.24. The SMILES string of the molecule is c1ccc2c(-c3ccc(C4=NC(c5cc6ccccc6c6ccccc56)N=C(c5cc6ccccc6c6ccccc56)N4)cc3)nccc2c1. The lowest BCUT2D eigenvalue weighted by Crippen LogP contribution is -2.36. The lowest BCUT2D eigenvalue weighted by Gasteiger charge is -2.24. The lowest BCUT2D eigenvalue weighted by molar-refractivity contribution is 0.763. The first-order valence-corrected chi connectivity index (χ1v) is 17.0. The molecular weight excluding hydrogens is 609 g/mol. The number of aromatic nitrogens is 1. The molecule has 0 saturated carbocycles. The maximum absolute atomic E-state index is 5.42. The summed E-state index contributed by atoms with van der Waals surface area (Å²) in [6.45, 7) is 0. The van der Waals surface area contributed by atoms with Gasteiger partial charge in [-0.1, -0.05) is 146 Å². The van der Waals surface area contributed by atoms with Crippen molar-refractivity contribution in [3.8, 4) is 11.3 Å². The first kappa shape index (κ1) is 28.4. The van der Waals surface area contributed by atoms with Crippen LogP contribution in [0, 0.1) is 0 Å². The van der Waals surface area contributed by atoms with E-state index < -0.39 is 6.17 Å². The molecule has 0 aliphatic carbocycles. The van der Waals surface area contributed by atoms with Crippen molar-refractivity contribution in [3.63, 3.8) is 0 Å². The third kappa shape index (κ3) is 4.65. The van der Waals surface area contributed by atoms with Crippen LogP contribution < -0.4 is 5.32 Å². The zero-order valence-corrected chi connectivity index (χ0v) is 27.1. The van der Waals surface area contributed by atoms with Crippen molar-refractivity contribution >= 4 is 65.5 Å². The monoisotopic (exact) mass is 638 g/mol. The maximum atomic E-state index is 5.42. The Morgan fingerprint density at radius 3 is 1.64 bits per heavy atom. The molecule has 4 heteroatoms. The van der Waals surface area contributed by atoms with Gasteiger partial charge in [-0.25, -0.2) is 9.98 Å². The van der Waals surface area contributed by atoms with Gasteiger partial charge in [0.15, 0.2) is 6.17 Å². The average Bonchev–Trinajstić information content (AvgIpc) is 3.20. The summed E-state index contributed by atoms with van der Waals surface area (Å²) >= 11 is 0. The fourth-order valence-electron chi connectivity index (χ4n) is 7.56. The molecule has 1 N–H and O–H groups in total. The number of hydrogen-bond donors (Lipinski definition) is 1. The molecular formula is C46H30N4. The molecule has 1 aliphatic heterocycles. The van der Waals surface area contributed by atoms with E-state index in [-0.39, 0.29) is 0 Å². The molecule has 0 bridgehead atoms. The highest BCUT2D eigenvalue weighted by atomic mass is 15.2. The summed E-state index contributed by atoms with van der Waals surface area (Å²) in [7, 11) is 0. The standard InChI is InChI=1S/C46H30N4/c1-6-16-36-29(11-1)25-26-47-43(36)30-21-23-31(24-22-30)44-48-45(41-27-32-12-2-4-14-34(32)37-17-7-9-19-39(37)41)50-46(49-44)42-28-33-13-3-5-15-35(33)38-18-8-10-20-40(38)42/h1-28,45H,(H,48,49,50). The topological polar surface area (TPSA) is 49.6 Å². The number of pyridine rings is 1. The van der Waals surface area contributed by atoms with Crippen molar-refractivity contribution in [1.29, 1.82) is 0 Å². The summed E-state index contributed by atoms with van der Waals surface area (Å²) in [5.74, 6) is 1.59. The molecule has 234 valence electrons. The van der Waals surface area contributed by atoms with E-state index in [9.17, 15) is 0 Å². The molecule has 8 aromatic carbocycles. The van der Waals surface area contributed by atoms with Gasteiger partial charge in [0, 0.05) is 33.8 Å². The van der Waals surface area contributed by atoms with Crippen molar-refractivity contribution < 1.29 is 0 Å². The number of hydrogen-bond acceptors (Lipinski definition) is 4. The van der Waals surface area contributed by atoms with Gasteiger partial charge in [-0.2, -0.15) is 0 Å². The van der Waals surface area contributed by atoms with Crippen molar-refractivity contribution in [2.45, 2.75) is 6.17 Å². The van der Waals surface area contributed by atoms with Gasteiger partial charge in [0.05, 0.1) is 5.69 Å². The van der Waals surface area contributed by atoms with Gasteiger partial charge in [-0.15, -0.1) is 0 Å². The Bertz CT molecular complexity index is 2840. The minimum absolute atomic E-state index is 0.458. The van der Waals surface area contributed by atoms with E-state index in [0.29, 0.717) is 0 Å². The molecule has 0 radical (unpaired) electrons. The Kier molecular flexibility index (Phi) is 6.53. The average molecular weight is 639 g/mol. The molecule has 4 nitrogen and oxygen atoms in total. The molecule has 0 saturated heterocycles. The second-order valence-corrected chi connectivity index (χ2v) is 12.8. The van der Waals surface area contributed by atoms with Crippen LogP contribution in [0.1, 0.15) is 22.9 Å². The van der Waals surface area contributed by atoms with E-state index in [4.69, 9.17) is 15.0 Å². The quantitative estimate of drug-likeness (QED) is 0.195. The number of fused-ring (bicyclic) bond motifs is 7. The van der Waals surface area contributed by atoms with Gasteiger partial charge in [0.25, 0.3) is 0 Å². The number of amidine groups is 2. The second kappa shape index (κ2) is 11.5. The fourth-order valence-corrected chi connectivity index (χ4v) is 7.56. The molecule has 1 atom stereocenters. The fraction of sp³-hybridized carbons (Fsp3) is 0.0217. The van der Waals surface area contributed by atoms with Gasteiger partial charge in [0.2, 0.25) is 0 Å². The van der Waals surface area contributed by atoms with Gasteiger partial charge < -0.3 is 5.32 Å². The highest BCUT2D eigenvalue weighted by Gasteiger charge is 2.24. The molecule has 0 fully saturated rings. The predicted octanol–water partition coefficient (Wildman–Crippen LogP) is 11.0. The maximum Gasteiger partial charge on any atom is 0.170 e. The zero-order chi connectivity index (χ0) is 33.0. The van der Waals surface area contributed by atoms with Crippen molar-refractivity contribution in [3.05, 3.63) is 187 Å². The molecule has 1 unspecified atom stereocenters. The molecule has 0 amide bonds. The Morgan fingerprint density at radius 2 is 0.920 bits per heavy atom. The summed E-state index contributed by atoms with van der Waals surface area (Å²) in [5, 5.41) is 15.5. The number of aliphatic imine (C=N–C) groups is 2. The summed E-state index contributed by atoms with van der Waals surface area (Å²) in [4.78, 5) is 15.5. The molecule has 1 aromatic heterocycles. The highest BCUT2D eigenvalue weighted by Crippen LogP contribution is 2.37. The Balaban J connectivity index is 1.17. The largest absolute Gasteiger partial charge is 0.324 e. The molecule has 50 heavy (non-hydrogen) atoms. The first-order valence-electron chi connectivity index (χ1n) is 17.0. The van der Waals surface area contributed by atoms with Crippen LogP contribution in [0.15, 0.2) is 180 Å². The number of nitrogens with zero attached hydrogens (tertiary/aromatic N) is 3. The lowest BCUT2D eigenvalue weighted by atomic mass is 9.94. The molecule has 9 aromatic rings. The van der Waals surface area contributed by atoms with E-state index in [0.717, 1.165) is 55.8 Å². The Hall–Kier alpha value is -6.65. The minimum Gasteiger partial charge on any atom is -0.324 e. The van der Waals surface area contributed by atoms with Crippen LogP contribution in [0.2, 0.25) is 0 Å². The molecule has 0 spiro atoms. The molecule has 2 heterocycles. The minimum atomic E-state index is -0.458. The Labute approximate surface area is 289 Å². The first-order chi connectivity index (χ1) is 24.8. The van der Waals surface area contributed by atoms with Crippen LogP contribution in [0.3, 0.4) is 0 Å². The smallest absolute Gasteiger partial charge is 0.170 e. The van der Waals surface area contributed by atoms with Gasteiger partial charge >= 0.3 is 0 Å². The van der Waals surface area contributed by atoms with E-state index in [1.165, 1.54) is 37.7 Å². The van der Waals surface area contributed by atoms with Crippen LogP contribution >= 0.6 is 0 Å². The van der Waals surface area contributed by atoms with Crippen LogP contribution in [-0.4, -0.2) is 16.7 Å². The van der Waals surface area contributed by atoms with E-state index in [2.05, 4.69) is 169 Å². The third-order valence-electron chi connectivity index (χ3n) is 9.95. The Morgan fingerprint density at radius 1 is 0.400 bits per heavy atom. The summed E-state index contributed by atoms with van der Waals surface area (Å²) in [6.07, 6.45) is 1.42. The number of nitrogens with one attached hydrogen (secondary N) is 1. The van der Waals surface area contributed by atoms with Gasteiger partial charge in [0.1, 0.15) is 11.7 Å². The summed E-state index contributed by atoms with van der Waals surface area (Å²) in [5.41, 5.74) is 5.16. The van der Waals surface area contributed by atoms with Crippen molar-refractivity contribution in [2.24, 2.45) is 9.98 Å². The van der Waals surface area contributed by atoms with E-state index in [1.54, 1.807) is 0 Å². The second-order valence-electron chi connectivity index (χ2n) is 12.8. The normalized spacial score (nSPS) is 14.6. The van der Waals surface area contributed by atoms with Crippen molar-refractivity contribution in [2.75, 3.05) is 0 Å². The van der Waals surface area contributed by atoms with E-state index >= 15 is 0 Å². The van der Waals surface area contributed by atoms with Crippen LogP contribution in [-0.2, 0) is 0 Å². The zero-order valence-electron chi connectivity index (χ0n) is 27.1. The van der Waals surface area contributed by atoms with Crippen molar-refractivity contribution in [1.82, 2.24) is 10.3 Å². The third-order valence-corrected chi connectivity index (χ3v) is 9.95. The van der Waals surface area contributed by atoms with Crippen LogP contribution in [0.5, 0.6) is 0 Å². The number of rotatable bonds is 4. The molecule has 1 aliphatic rings. The van der Waals surface area contributed by atoms with Gasteiger partial charge in [-0.05, 0) is 66.7 Å². The van der Waals surface area contributed by atoms with Crippen LogP contribution in [0.25, 0.3) is 65.1 Å². The summed E-state index contributed by atoms with van der Waals surface area (Å²) in [6, 6.07) is 57.9. The van der Waals surface area contributed by atoms with Gasteiger partial charge in [-0.3, -0.25) is 4.98 Å². The predicted molar refractivity (Wildman–Crippen MR) is 209 cm³/mol. The summed E-state index contributed by atoms with van der Waals surface area (Å²) < 4.78 is 0. The van der Waals surface area contributed by atoms with Crippen LogP contribution in [0.4, 0.5) is 0 Å². The van der Waals surface area contributed by atoms with E-state index in [1.807, 2.05) is 6.20 Å². The molecule has 10 rings (SSSR count).